The number of hydrogen-bond donors (Lipinski definition) is 0. The Bertz CT molecular complexity index is 568. The molecule has 2 rings (SSSR count). The molecule has 0 N–H and O–H groups in total. The highest BCUT2D eigenvalue weighted by Crippen LogP contribution is 2.27. The van der Waals surface area contributed by atoms with Gasteiger partial charge in [0, 0.05) is 5.02 Å². The van der Waals surface area contributed by atoms with E-state index in [4.69, 9.17) is 11.6 Å². The topological polar surface area (TPSA) is 0 Å². The highest BCUT2D eigenvalue weighted by atomic mass is 35.5. The van der Waals surface area contributed by atoms with Crippen LogP contribution >= 0.6 is 11.6 Å². The van der Waals surface area contributed by atoms with Crippen LogP contribution in [0.25, 0.3) is 17.2 Å². The van der Waals surface area contributed by atoms with Crippen molar-refractivity contribution in [3.8, 4) is 11.1 Å². The molecule has 0 atom stereocenters. The molecule has 0 nitrogen and oxygen atoms in total. The molecule has 0 aromatic heterocycles. The molecule has 0 saturated heterocycles. The Labute approximate surface area is 114 Å². The number of halogens is 1. The molecule has 1 heteroatoms. The van der Waals surface area contributed by atoms with Gasteiger partial charge in [0.05, 0.1) is 0 Å². The summed E-state index contributed by atoms with van der Waals surface area (Å²) in [6.45, 7) is 8.20. The summed E-state index contributed by atoms with van der Waals surface area (Å²) in [5.74, 6) is 0.531. The first-order valence-electron chi connectivity index (χ1n) is 6.13. The smallest absolute Gasteiger partial charge is 0.0418 e. The lowest BCUT2D eigenvalue weighted by Gasteiger charge is -2.09. The van der Waals surface area contributed by atoms with E-state index in [1.165, 1.54) is 11.1 Å². The third kappa shape index (κ3) is 2.83. The summed E-state index contributed by atoms with van der Waals surface area (Å²) >= 11 is 6.13. The van der Waals surface area contributed by atoms with E-state index >= 15 is 0 Å². The molecule has 0 aliphatic carbocycles. The summed E-state index contributed by atoms with van der Waals surface area (Å²) in [6, 6.07) is 14.6. The van der Waals surface area contributed by atoms with Crippen molar-refractivity contribution in [1.29, 1.82) is 0 Å². The molecule has 0 spiro atoms. The van der Waals surface area contributed by atoms with Gasteiger partial charge in [-0.2, -0.15) is 0 Å². The second-order valence-electron chi connectivity index (χ2n) is 4.76. The van der Waals surface area contributed by atoms with Gasteiger partial charge in [0.25, 0.3) is 0 Å². The highest BCUT2D eigenvalue weighted by Gasteiger charge is 2.04. The summed E-state index contributed by atoms with van der Waals surface area (Å²) < 4.78 is 0. The van der Waals surface area contributed by atoms with Crippen LogP contribution in [0.5, 0.6) is 0 Å². The van der Waals surface area contributed by atoms with Gasteiger partial charge in [-0.3, -0.25) is 0 Å². The first kappa shape index (κ1) is 12.9. The van der Waals surface area contributed by atoms with Gasteiger partial charge in [0.15, 0.2) is 0 Å². The fourth-order valence-corrected chi connectivity index (χ4v) is 2.22. The molecular formula is C17H17Cl. The molecule has 18 heavy (non-hydrogen) atoms. The van der Waals surface area contributed by atoms with Crippen LogP contribution in [0.15, 0.2) is 49.0 Å². The van der Waals surface area contributed by atoms with Crippen LogP contribution in [0.4, 0.5) is 0 Å². The summed E-state index contributed by atoms with van der Waals surface area (Å²) in [7, 11) is 0. The normalized spacial score (nSPS) is 10.7. The van der Waals surface area contributed by atoms with E-state index in [0.29, 0.717) is 5.92 Å². The maximum atomic E-state index is 6.13. The van der Waals surface area contributed by atoms with Gasteiger partial charge in [-0.15, -0.1) is 0 Å². The first-order valence-corrected chi connectivity index (χ1v) is 6.51. The lowest BCUT2D eigenvalue weighted by Crippen LogP contribution is -1.88. The van der Waals surface area contributed by atoms with Crippen molar-refractivity contribution in [2.75, 3.05) is 0 Å². The Hall–Kier alpha value is -1.53. The van der Waals surface area contributed by atoms with Crippen molar-refractivity contribution in [3.05, 3.63) is 65.2 Å². The third-order valence-electron chi connectivity index (χ3n) is 3.04. The maximum Gasteiger partial charge on any atom is 0.0418 e. The SMILES string of the molecule is C=Cc1cc(Cl)cc(-c2cccc(C(C)C)c2)c1. The van der Waals surface area contributed by atoms with Crippen molar-refractivity contribution in [2.24, 2.45) is 0 Å². The van der Waals surface area contributed by atoms with Crippen LogP contribution in [0.1, 0.15) is 30.9 Å². The van der Waals surface area contributed by atoms with Crippen molar-refractivity contribution >= 4 is 17.7 Å². The molecule has 0 fully saturated rings. The Morgan fingerprint density at radius 3 is 2.50 bits per heavy atom. The predicted molar refractivity (Wildman–Crippen MR) is 81.1 cm³/mol. The summed E-state index contributed by atoms with van der Waals surface area (Å²) in [5.41, 5.74) is 4.73. The minimum atomic E-state index is 0.531. The average molecular weight is 257 g/mol. The van der Waals surface area contributed by atoms with Crippen LogP contribution in [0.2, 0.25) is 5.02 Å². The Morgan fingerprint density at radius 1 is 1.06 bits per heavy atom. The molecular weight excluding hydrogens is 240 g/mol. The van der Waals surface area contributed by atoms with E-state index in [1.807, 2.05) is 18.2 Å². The Morgan fingerprint density at radius 2 is 1.83 bits per heavy atom. The fourth-order valence-electron chi connectivity index (χ4n) is 1.97. The predicted octanol–water partition coefficient (Wildman–Crippen LogP) is 5.77. The van der Waals surface area contributed by atoms with Crippen LogP contribution in [0, 0.1) is 0 Å². The number of benzene rings is 2. The molecule has 0 saturated carbocycles. The monoisotopic (exact) mass is 256 g/mol. The van der Waals surface area contributed by atoms with Crippen LogP contribution in [-0.4, -0.2) is 0 Å². The van der Waals surface area contributed by atoms with Crippen molar-refractivity contribution in [2.45, 2.75) is 19.8 Å². The average Bonchev–Trinajstić information content (AvgIpc) is 2.38. The highest BCUT2D eigenvalue weighted by molar-refractivity contribution is 6.31. The fraction of sp³-hybridized carbons (Fsp3) is 0.176. The largest absolute Gasteiger partial charge is 0.0985 e. The summed E-state index contributed by atoms with van der Waals surface area (Å²) in [6.07, 6.45) is 1.82. The molecule has 0 aliphatic rings. The van der Waals surface area contributed by atoms with E-state index in [0.717, 1.165) is 16.1 Å². The zero-order chi connectivity index (χ0) is 13.1. The zero-order valence-corrected chi connectivity index (χ0v) is 11.5. The third-order valence-corrected chi connectivity index (χ3v) is 3.26. The number of rotatable bonds is 3. The van der Waals surface area contributed by atoms with Crippen LogP contribution < -0.4 is 0 Å². The van der Waals surface area contributed by atoms with Gasteiger partial charge in [-0.1, -0.05) is 62.4 Å². The van der Waals surface area contributed by atoms with Crippen LogP contribution in [0.3, 0.4) is 0 Å². The van der Waals surface area contributed by atoms with Gasteiger partial charge in [0.2, 0.25) is 0 Å². The molecule has 2 aromatic carbocycles. The molecule has 0 heterocycles. The molecule has 0 bridgehead atoms. The standard InChI is InChI=1S/C17H17Cl/c1-4-13-8-16(11-17(18)9-13)15-7-5-6-14(10-15)12(2)3/h4-12H,1H2,2-3H3. The quantitative estimate of drug-likeness (QED) is 0.654. The molecule has 0 aliphatic heterocycles. The second-order valence-corrected chi connectivity index (χ2v) is 5.19. The van der Waals surface area contributed by atoms with E-state index in [-0.39, 0.29) is 0 Å². The molecule has 0 unspecified atom stereocenters. The lowest BCUT2D eigenvalue weighted by molar-refractivity contribution is 0.867. The Balaban J connectivity index is 2.51. The first-order chi connectivity index (χ1) is 8.60. The summed E-state index contributed by atoms with van der Waals surface area (Å²) in [4.78, 5) is 0. The van der Waals surface area contributed by atoms with E-state index in [1.54, 1.807) is 0 Å². The molecule has 2 aromatic rings. The molecule has 0 radical (unpaired) electrons. The second kappa shape index (κ2) is 5.41. The zero-order valence-electron chi connectivity index (χ0n) is 10.8. The maximum absolute atomic E-state index is 6.13. The van der Waals surface area contributed by atoms with Gasteiger partial charge >= 0.3 is 0 Å². The minimum absolute atomic E-state index is 0.531. The van der Waals surface area contributed by atoms with E-state index in [9.17, 15) is 0 Å². The van der Waals surface area contributed by atoms with Gasteiger partial charge < -0.3 is 0 Å². The van der Waals surface area contributed by atoms with E-state index in [2.05, 4.69) is 50.8 Å². The van der Waals surface area contributed by atoms with Crippen molar-refractivity contribution in [1.82, 2.24) is 0 Å². The summed E-state index contributed by atoms with van der Waals surface area (Å²) in [5, 5.41) is 0.748. The van der Waals surface area contributed by atoms with Gasteiger partial charge in [0.1, 0.15) is 0 Å². The van der Waals surface area contributed by atoms with Crippen molar-refractivity contribution in [3.63, 3.8) is 0 Å². The molecule has 92 valence electrons. The van der Waals surface area contributed by atoms with E-state index < -0.39 is 0 Å². The van der Waals surface area contributed by atoms with Crippen molar-refractivity contribution < 1.29 is 0 Å². The lowest BCUT2D eigenvalue weighted by atomic mass is 9.96. The Kier molecular flexibility index (Phi) is 3.88. The van der Waals surface area contributed by atoms with Crippen LogP contribution in [-0.2, 0) is 0 Å². The minimum Gasteiger partial charge on any atom is -0.0985 e. The van der Waals surface area contributed by atoms with Gasteiger partial charge in [-0.25, -0.2) is 0 Å². The molecule has 0 amide bonds. The van der Waals surface area contributed by atoms with Gasteiger partial charge in [-0.05, 0) is 46.4 Å². The number of hydrogen-bond acceptors (Lipinski definition) is 0.